The fourth-order valence-electron chi connectivity index (χ4n) is 8.05. The number of para-hydroxylation sites is 2. The standard InChI is InChI=1S/C44H54N2O2/c1-40(2,3)30-26-31(28-16-18-33-35(24-28)43(8,9)22-20-41(33,4)5)39(45-37-14-12-13-15-38(37)46(47)48)32(27-30)29-17-19-34-36(25-29)44(10,11)23-21-42(34,6)7/h12-19,24-27,45H,20-23H2,1-11H3. The van der Waals surface area contributed by atoms with Gasteiger partial charge in [-0.05, 0) is 110 Å². The predicted octanol–water partition coefficient (Wildman–Crippen LogP) is 12.7. The van der Waals surface area contributed by atoms with Crippen molar-refractivity contribution in [1.29, 1.82) is 0 Å². The quantitative estimate of drug-likeness (QED) is 0.174. The monoisotopic (exact) mass is 642 g/mol. The Morgan fingerprint density at radius 2 is 1.02 bits per heavy atom. The molecule has 0 atom stereocenters. The van der Waals surface area contributed by atoms with Crippen molar-refractivity contribution in [3.8, 4) is 22.3 Å². The third kappa shape index (κ3) is 5.97. The minimum Gasteiger partial charge on any atom is -0.349 e. The highest BCUT2D eigenvalue weighted by molar-refractivity contribution is 5.95. The van der Waals surface area contributed by atoms with Crippen LogP contribution in [0.4, 0.5) is 17.1 Å². The second-order valence-electron chi connectivity index (χ2n) is 18.2. The first kappa shape index (κ1) is 34.0. The van der Waals surface area contributed by atoms with Crippen molar-refractivity contribution >= 4 is 17.1 Å². The average molecular weight is 643 g/mol. The number of hydrogen-bond donors (Lipinski definition) is 1. The van der Waals surface area contributed by atoms with Crippen molar-refractivity contribution in [2.45, 2.75) is 129 Å². The van der Waals surface area contributed by atoms with E-state index in [1.54, 1.807) is 12.1 Å². The summed E-state index contributed by atoms with van der Waals surface area (Å²) in [5.41, 5.74) is 12.9. The maximum absolute atomic E-state index is 12.3. The third-order valence-electron chi connectivity index (χ3n) is 11.7. The lowest BCUT2D eigenvalue weighted by Crippen LogP contribution is -2.33. The van der Waals surface area contributed by atoms with E-state index in [2.05, 4.69) is 130 Å². The molecule has 6 rings (SSSR count). The minimum atomic E-state index is -0.293. The second kappa shape index (κ2) is 11.3. The summed E-state index contributed by atoms with van der Waals surface area (Å²) < 4.78 is 0. The molecular formula is C44H54N2O2. The molecule has 0 heterocycles. The van der Waals surface area contributed by atoms with Gasteiger partial charge in [-0.3, -0.25) is 10.1 Å². The first-order valence-corrected chi connectivity index (χ1v) is 17.7. The molecule has 0 fully saturated rings. The Morgan fingerprint density at radius 1 is 0.604 bits per heavy atom. The molecular weight excluding hydrogens is 588 g/mol. The Bertz CT molecular complexity index is 1820. The molecule has 4 nitrogen and oxygen atoms in total. The summed E-state index contributed by atoms with van der Waals surface area (Å²) in [5.74, 6) is 0. The molecule has 0 aromatic heterocycles. The van der Waals surface area contributed by atoms with Gasteiger partial charge in [0.05, 0.1) is 10.6 Å². The van der Waals surface area contributed by atoms with Crippen LogP contribution in [0.2, 0.25) is 0 Å². The zero-order chi connectivity index (χ0) is 35.0. The Labute approximate surface area is 288 Å². The largest absolute Gasteiger partial charge is 0.349 e. The molecule has 0 aliphatic heterocycles. The van der Waals surface area contributed by atoms with Gasteiger partial charge < -0.3 is 5.32 Å². The summed E-state index contributed by atoms with van der Waals surface area (Å²) in [6, 6.07) is 25.7. The van der Waals surface area contributed by atoms with E-state index in [1.165, 1.54) is 27.8 Å². The van der Waals surface area contributed by atoms with Gasteiger partial charge in [-0.2, -0.15) is 0 Å². The van der Waals surface area contributed by atoms with Crippen LogP contribution in [-0.2, 0) is 27.1 Å². The van der Waals surface area contributed by atoms with E-state index < -0.39 is 0 Å². The van der Waals surface area contributed by atoms with Crippen molar-refractivity contribution in [1.82, 2.24) is 0 Å². The van der Waals surface area contributed by atoms with Gasteiger partial charge in [0.15, 0.2) is 0 Å². The van der Waals surface area contributed by atoms with Crippen LogP contribution in [0.5, 0.6) is 0 Å². The molecule has 4 aromatic rings. The van der Waals surface area contributed by atoms with Gasteiger partial charge in [-0.1, -0.05) is 125 Å². The predicted molar refractivity (Wildman–Crippen MR) is 203 cm³/mol. The highest BCUT2D eigenvalue weighted by Gasteiger charge is 2.39. The molecule has 48 heavy (non-hydrogen) atoms. The van der Waals surface area contributed by atoms with Gasteiger partial charge in [0.1, 0.15) is 5.69 Å². The van der Waals surface area contributed by atoms with Crippen LogP contribution in [-0.4, -0.2) is 4.92 Å². The van der Waals surface area contributed by atoms with Crippen molar-refractivity contribution in [2.75, 3.05) is 5.32 Å². The number of anilines is 2. The number of hydrogen-bond acceptors (Lipinski definition) is 3. The fourth-order valence-corrected chi connectivity index (χ4v) is 8.05. The minimum absolute atomic E-state index is 0.0496. The van der Waals surface area contributed by atoms with Crippen molar-refractivity contribution in [3.63, 3.8) is 0 Å². The van der Waals surface area contributed by atoms with Gasteiger partial charge in [0, 0.05) is 17.2 Å². The first-order valence-electron chi connectivity index (χ1n) is 17.7. The molecule has 0 saturated carbocycles. The lowest BCUT2D eigenvalue weighted by Gasteiger charge is -2.42. The Hall–Kier alpha value is -3.92. The lowest BCUT2D eigenvalue weighted by molar-refractivity contribution is -0.383. The summed E-state index contributed by atoms with van der Waals surface area (Å²) >= 11 is 0. The summed E-state index contributed by atoms with van der Waals surface area (Å²) in [4.78, 5) is 12.0. The third-order valence-corrected chi connectivity index (χ3v) is 11.7. The molecule has 2 aliphatic rings. The van der Waals surface area contributed by atoms with Gasteiger partial charge in [0.2, 0.25) is 0 Å². The summed E-state index contributed by atoms with van der Waals surface area (Å²) in [6.07, 6.45) is 4.58. The van der Waals surface area contributed by atoms with Crippen LogP contribution in [0.15, 0.2) is 72.8 Å². The summed E-state index contributed by atoms with van der Waals surface area (Å²) in [5, 5.41) is 15.9. The van der Waals surface area contributed by atoms with Crippen LogP contribution in [0.1, 0.15) is 130 Å². The highest BCUT2D eigenvalue weighted by atomic mass is 16.6. The van der Waals surface area contributed by atoms with Crippen molar-refractivity contribution in [3.05, 3.63) is 111 Å². The zero-order valence-corrected chi connectivity index (χ0v) is 31.0. The van der Waals surface area contributed by atoms with Crippen LogP contribution in [0.3, 0.4) is 0 Å². The van der Waals surface area contributed by atoms with Gasteiger partial charge in [0.25, 0.3) is 5.69 Å². The molecule has 2 aliphatic carbocycles. The number of nitro benzene ring substituents is 1. The van der Waals surface area contributed by atoms with Gasteiger partial charge >= 0.3 is 0 Å². The Morgan fingerprint density at radius 3 is 1.44 bits per heavy atom. The maximum Gasteiger partial charge on any atom is 0.292 e. The van der Waals surface area contributed by atoms with Crippen molar-refractivity contribution in [2.24, 2.45) is 0 Å². The number of nitro groups is 1. The first-order chi connectivity index (χ1) is 22.2. The van der Waals surface area contributed by atoms with E-state index in [0.717, 1.165) is 53.6 Å². The van der Waals surface area contributed by atoms with Crippen LogP contribution in [0.25, 0.3) is 22.3 Å². The van der Waals surface area contributed by atoms with E-state index in [0.29, 0.717) is 5.69 Å². The molecule has 0 saturated heterocycles. The lowest BCUT2D eigenvalue weighted by atomic mass is 9.62. The van der Waals surface area contributed by atoms with Crippen LogP contribution >= 0.6 is 0 Å². The molecule has 0 unspecified atom stereocenters. The van der Waals surface area contributed by atoms with E-state index in [1.807, 2.05) is 12.1 Å². The molecule has 4 aromatic carbocycles. The number of fused-ring (bicyclic) bond motifs is 2. The number of rotatable bonds is 5. The Kier molecular flexibility index (Phi) is 8.01. The smallest absolute Gasteiger partial charge is 0.292 e. The van der Waals surface area contributed by atoms with Crippen LogP contribution in [0, 0.1) is 10.1 Å². The number of nitrogens with one attached hydrogen (secondary N) is 1. The molecule has 0 bridgehead atoms. The maximum atomic E-state index is 12.3. The molecule has 1 N–H and O–H groups in total. The highest BCUT2D eigenvalue weighted by Crippen LogP contribution is 2.51. The van der Waals surface area contributed by atoms with E-state index in [4.69, 9.17) is 0 Å². The zero-order valence-electron chi connectivity index (χ0n) is 31.0. The van der Waals surface area contributed by atoms with Crippen LogP contribution < -0.4 is 5.32 Å². The van der Waals surface area contributed by atoms with Crippen molar-refractivity contribution < 1.29 is 4.92 Å². The van der Waals surface area contributed by atoms with E-state index in [9.17, 15) is 10.1 Å². The molecule has 0 spiro atoms. The Balaban J connectivity index is 1.68. The molecule has 0 amide bonds. The SMILES string of the molecule is CC(C)(C)c1cc(-c2ccc3c(c2)C(C)(C)CCC3(C)C)c(Nc2ccccc2[N+](=O)[O-])c(-c2ccc3c(c2)C(C)(C)CCC3(C)C)c1. The second-order valence-corrected chi connectivity index (χ2v) is 18.2. The van der Waals surface area contributed by atoms with E-state index in [-0.39, 0.29) is 37.7 Å². The molecule has 4 heteroatoms. The normalized spacial score (nSPS) is 18.8. The molecule has 252 valence electrons. The van der Waals surface area contributed by atoms with Gasteiger partial charge in [-0.25, -0.2) is 0 Å². The topological polar surface area (TPSA) is 55.2 Å². The average Bonchev–Trinajstić information content (AvgIpc) is 3.01. The van der Waals surface area contributed by atoms with Gasteiger partial charge in [-0.15, -0.1) is 0 Å². The fraction of sp³-hybridized carbons (Fsp3) is 0.455. The number of nitrogens with zero attached hydrogens (tertiary/aromatic N) is 1. The summed E-state index contributed by atoms with van der Waals surface area (Å²) in [6.45, 7) is 25.7. The molecule has 0 radical (unpaired) electrons. The van der Waals surface area contributed by atoms with E-state index >= 15 is 0 Å². The number of benzene rings is 4. The summed E-state index contributed by atoms with van der Waals surface area (Å²) in [7, 11) is 0.